The van der Waals surface area contributed by atoms with Gasteiger partial charge in [-0.1, -0.05) is 27.7 Å². The summed E-state index contributed by atoms with van der Waals surface area (Å²) in [5.41, 5.74) is -4.24. The van der Waals surface area contributed by atoms with E-state index in [-0.39, 0.29) is 37.2 Å². The molecule has 52 heavy (non-hydrogen) atoms. The smallest absolute Gasteiger partial charge is 0.311 e. The molecule has 0 aromatic rings. The lowest BCUT2D eigenvalue weighted by atomic mass is 9.74. The van der Waals surface area contributed by atoms with Gasteiger partial charge in [0.2, 0.25) is 0 Å². The first kappa shape index (κ1) is 45.1. The monoisotopic (exact) mass is 747 g/mol. The minimum atomic E-state index is -1.96. The standard InChI is InChI=1S/C38H69NO13/c1-15-26-38(10,45)31(42)21(4)28(40)19(2)17-37(9,47-14)33(52-35-29(41)25(39(11)12)16-20(3)48-35)22(5)30(23(6)34(44)50-26)51-27-18-36(8,46-13)32(43)24(7)49-27/h19-27,29-33,35,41-43,45H,15-18H2,1-14H3/t19?,20?,21?,22?,23?,24?,25?,26?,27-,29?,30?,31?,32?,33?,35-,36+,37+,38+/m0/s1. The molecule has 3 heterocycles. The molecule has 0 spiro atoms. The van der Waals surface area contributed by atoms with Crippen molar-refractivity contribution in [1.82, 2.24) is 4.90 Å². The number of esters is 1. The molecule has 3 aliphatic rings. The van der Waals surface area contributed by atoms with Crippen molar-refractivity contribution in [2.24, 2.45) is 23.7 Å². The third kappa shape index (κ3) is 9.38. The average molecular weight is 748 g/mol. The lowest BCUT2D eigenvalue weighted by molar-refractivity contribution is -0.319. The SMILES string of the molecule is CCC1OC(=O)C(C)C(O[C@H]2C[C@@](C)(OC)C(O)C(C)O2)C(C)C(O[C@@H]2OC(C)CC(N(C)C)C2O)[C@](C)(OC)CC(C)C(=O)C(C)C(O)[C@]1(C)O. The van der Waals surface area contributed by atoms with Crippen LogP contribution in [0, 0.1) is 23.7 Å². The van der Waals surface area contributed by atoms with Gasteiger partial charge in [0.15, 0.2) is 12.6 Å². The fourth-order valence-electron chi connectivity index (χ4n) is 8.58. The average Bonchev–Trinajstić information content (AvgIpc) is 3.09. The molecule has 304 valence electrons. The molecule has 3 saturated heterocycles. The molecular formula is C38H69NO13. The highest BCUT2D eigenvalue weighted by Crippen LogP contribution is 2.41. The van der Waals surface area contributed by atoms with E-state index < -0.39 is 102 Å². The summed E-state index contributed by atoms with van der Waals surface area (Å²) in [6.07, 6.45) is -8.73. The van der Waals surface area contributed by atoms with E-state index in [9.17, 15) is 30.0 Å². The van der Waals surface area contributed by atoms with Crippen molar-refractivity contribution in [3.63, 3.8) is 0 Å². The number of methoxy groups -OCH3 is 2. The predicted molar refractivity (Wildman–Crippen MR) is 191 cm³/mol. The van der Waals surface area contributed by atoms with Crippen LogP contribution in [0.4, 0.5) is 0 Å². The normalized spacial score (nSPS) is 49.0. The highest BCUT2D eigenvalue weighted by Gasteiger charge is 2.54. The van der Waals surface area contributed by atoms with E-state index >= 15 is 0 Å². The van der Waals surface area contributed by atoms with Crippen LogP contribution in [-0.2, 0) is 42.7 Å². The van der Waals surface area contributed by atoms with Crippen molar-refractivity contribution in [1.29, 1.82) is 0 Å². The molecule has 0 aromatic carbocycles. The van der Waals surface area contributed by atoms with E-state index in [4.69, 9.17) is 33.2 Å². The van der Waals surface area contributed by atoms with Crippen LogP contribution in [-0.4, -0.2) is 150 Å². The van der Waals surface area contributed by atoms with Gasteiger partial charge in [0.05, 0.1) is 47.6 Å². The fraction of sp³-hybridized carbons (Fsp3) is 0.947. The number of nitrogens with zero attached hydrogens (tertiary/aromatic N) is 1. The maximum Gasteiger partial charge on any atom is 0.311 e. The number of Topliss-reactive ketones (excluding diaryl/α,β-unsaturated/α-hetero) is 1. The first-order chi connectivity index (χ1) is 24.0. The predicted octanol–water partition coefficient (Wildman–Crippen LogP) is 2.44. The van der Waals surface area contributed by atoms with Crippen molar-refractivity contribution < 1.29 is 63.2 Å². The van der Waals surface area contributed by atoms with E-state index in [0.717, 1.165) is 0 Å². The quantitative estimate of drug-likeness (QED) is 0.266. The summed E-state index contributed by atoms with van der Waals surface area (Å²) in [5, 5.41) is 45.6. The van der Waals surface area contributed by atoms with Crippen LogP contribution >= 0.6 is 0 Å². The molecule has 0 radical (unpaired) electrons. The van der Waals surface area contributed by atoms with Crippen LogP contribution in [0.2, 0.25) is 0 Å². The lowest BCUT2D eigenvalue weighted by Gasteiger charge is -2.50. The van der Waals surface area contributed by atoms with Crippen LogP contribution < -0.4 is 0 Å². The van der Waals surface area contributed by atoms with E-state index in [1.165, 1.54) is 21.1 Å². The summed E-state index contributed by atoms with van der Waals surface area (Å²) in [7, 11) is 6.77. The molecule has 3 fully saturated rings. The summed E-state index contributed by atoms with van der Waals surface area (Å²) in [6.45, 7) is 17.1. The van der Waals surface area contributed by atoms with Crippen molar-refractivity contribution in [3.8, 4) is 0 Å². The van der Waals surface area contributed by atoms with Gasteiger partial charge in [0.1, 0.15) is 29.7 Å². The second-order valence-electron chi connectivity index (χ2n) is 16.6. The Morgan fingerprint density at radius 2 is 1.44 bits per heavy atom. The number of likely N-dealkylation sites (N-methyl/N-ethyl adjacent to an activating group) is 1. The number of hydrogen-bond acceptors (Lipinski definition) is 14. The third-order valence-electron chi connectivity index (χ3n) is 12.3. The van der Waals surface area contributed by atoms with E-state index in [0.29, 0.717) is 6.42 Å². The van der Waals surface area contributed by atoms with Crippen molar-refractivity contribution in [3.05, 3.63) is 0 Å². The fourth-order valence-corrected chi connectivity index (χ4v) is 8.58. The summed E-state index contributed by atoms with van der Waals surface area (Å²) in [5.74, 6) is -4.47. The molecule has 0 saturated carbocycles. The zero-order valence-electron chi connectivity index (χ0n) is 33.9. The molecule has 0 aliphatic carbocycles. The zero-order valence-corrected chi connectivity index (χ0v) is 33.9. The zero-order chi connectivity index (χ0) is 39.7. The summed E-state index contributed by atoms with van der Waals surface area (Å²) >= 11 is 0. The number of carbonyl (C=O) groups excluding carboxylic acids is 2. The van der Waals surface area contributed by atoms with Gasteiger partial charge < -0.3 is 58.5 Å². The van der Waals surface area contributed by atoms with Crippen LogP contribution in [0.15, 0.2) is 0 Å². The first-order valence-corrected chi connectivity index (χ1v) is 18.9. The Morgan fingerprint density at radius 3 is 1.98 bits per heavy atom. The van der Waals surface area contributed by atoms with Crippen LogP contribution in [0.1, 0.15) is 94.9 Å². The van der Waals surface area contributed by atoms with E-state index in [1.54, 1.807) is 48.5 Å². The Labute approximate surface area is 310 Å². The van der Waals surface area contributed by atoms with Gasteiger partial charge in [-0.05, 0) is 74.9 Å². The molecule has 13 unspecified atom stereocenters. The van der Waals surface area contributed by atoms with Gasteiger partial charge in [-0.25, -0.2) is 0 Å². The van der Waals surface area contributed by atoms with Crippen molar-refractivity contribution >= 4 is 11.8 Å². The van der Waals surface area contributed by atoms with E-state index in [1.807, 2.05) is 32.8 Å². The maximum absolute atomic E-state index is 14.2. The molecule has 4 N–H and O–H groups in total. The number of cyclic esters (lactones) is 1. The van der Waals surface area contributed by atoms with Gasteiger partial charge in [-0.2, -0.15) is 0 Å². The summed E-state index contributed by atoms with van der Waals surface area (Å²) < 4.78 is 43.9. The molecule has 14 heteroatoms. The minimum absolute atomic E-state index is 0.111. The molecule has 18 atom stereocenters. The number of aliphatic hydroxyl groups is 4. The highest BCUT2D eigenvalue weighted by molar-refractivity contribution is 5.83. The second kappa shape index (κ2) is 17.7. The Balaban J connectivity index is 2.22. The summed E-state index contributed by atoms with van der Waals surface area (Å²) in [6, 6.07) is -0.283. The minimum Gasteiger partial charge on any atom is -0.459 e. The largest absolute Gasteiger partial charge is 0.459 e. The van der Waals surface area contributed by atoms with Gasteiger partial charge >= 0.3 is 5.97 Å². The Morgan fingerprint density at radius 1 is 0.846 bits per heavy atom. The molecule has 0 bridgehead atoms. The molecular weight excluding hydrogens is 678 g/mol. The van der Waals surface area contributed by atoms with Gasteiger partial charge in [0, 0.05) is 44.4 Å². The summed E-state index contributed by atoms with van der Waals surface area (Å²) in [4.78, 5) is 30.1. The first-order valence-electron chi connectivity index (χ1n) is 18.9. The van der Waals surface area contributed by atoms with Crippen molar-refractivity contribution in [2.45, 2.75) is 179 Å². The Hall–Kier alpha value is -1.30. The van der Waals surface area contributed by atoms with Crippen LogP contribution in [0.25, 0.3) is 0 Å². The lowest BCUT2D eigenvalue weighted by Crippen LogP contribution is -2.61. The maximum atomic E-state index is 14.2. The molecule has 3 rings (SSSR count). The highest BCUT2D eigenvalue weighted by atomic mass is 16.7. The number of ketones is 1. The number of rotatable bonds is 8. The number of ether oxygens (including phenoxy) is 7. The topological polar surface area (TPSA) is 183 Å². The van der Waals surface area contributed by atoms with Crippen LogP contribution in [0.5, 0.6) is 0 Å². The second-order valence-corrected chi connectivity index (χ2v) is 16.6. The van der Waals surface area contributed by atoms with Gasteiger partial charge in [-0.15, -0.1) is 0 Å². The Bertz CT molecular complexity index is 1190. The van der Waals surface area contributed by atoms with Gasteiger partial charge in [-0.3, -0.25) is 9.59 Å². The molecule has 0 amide bonds. The molecule has 14 nitrogen and oxygen atoms in total. The van der Waals surface area contributed by atoms with Crippen molar-refractivity contribution in [2.75, 3.05) is 28.3 Å². The van der Waals surface area contributed by atoms with Gasteiger partial charge in [0.25, 0.3) is 0 Å². The Kier molecular flexibility index (Phi) is 15.3. The molecule has 3 aliphatic heterocycles. The molecule has 0 aromatic heterocycles. The third-order valence-corrected chi connectivity index (χ3v) is 12.3. The number of aliphatic hydroxyl groups excluding tert-OH is 3. The number of carbonyl (C=O) groups is 2. The van der Waals surface area contributed by atoms with E-state index in [2.05, 4.69) is 0 Å². The van der Waals surface area contributed by atoms with Crippen LogP contribution in [0.3, 0.4) is 0 Å². The number of hydrogen-bond donors (Lipinski definition) is 4.